The van der Waals surface area contributed by atoms with Gasteiger partial charge < -0.3 is 9.84 Å². The molecule has 1 N–H and O–H groups in total. The summed E-state index contributed by atoms with van der Waals surface area (Å²) >= 11 is 0. The summed E-state index contributed by atoms with van der Waals surface area (Å²) in [4.78, 5) is 12.2. The molecule has 24 heavy (non-hydrogen) atoms. The molecule has 0 unspecified atom stereocenters. The molecule has 3 heteroatoms. The Labute approximate surface area is 141 Å². The van der Waals surface area contributed by atoms with E-state index in [4.69, 9.17) is 4.74 Å². The lowest BCUT2D eigenvalue weighted by Crippen LogP contribution is -2.08. The van der Waals surface area contributed by atoms with E-state index >= 15 is 0 Å². The van der Waals surface area contributed by atoms with Crippen molar-refractivity contribution in [2.24, 2.45) is 0 Å². The van der Waals surface area contributed by atoms with E-state index in [1.165, 1.54) is 0 Å². The van der Waals surface area contributed by atoms with Crippen molar-refractivity contribution in [1.82, 2.24) is 0 Å². The maximum atomic E-state index is 12.2. The highest BCUT2D eigenvalue weighted by Crippen LogP contribution is 2.28. The van der Waals surface area contributed by atoms with E-state index in [1.54, 1.807) is 18.2 Å². The Balaban J connectivity index is 1.74. The number of ether oxygens (including phenoxy) is 1. The molecule has 0 saturated carbocycles. The summed E-state index contributed by atoms with van der Waals surface area (Å²) < 4.78 is 5.35. The second-order valence-electron chi connectivity index (χ2n) is 5.53. The molecule has 0 amide bonds. The molecule has 3 nitrogen and oxygen atoms in total. The van der Waals surface area contributed by atoms with Gasteiger partial charge in [0.05, 0.1) is 6.42 Å². The number of rotatable bonds is 5. The number of esters is 1. The summed E-state index contributed by atoms with van der Waals surface area (Å²) in [5, 5.41) is 9.77. The van der Waals surface area contributed by atoms with Gasteiger partial charge in [-0.2, -0.15) is 0 Å². The van der Waals surface area contributed by atoms with Gasteiger partial charge in [-0.15, -0.1) is 0 Å². The fourth-order valence-corrected chi connectivity index (χ4v) is 2.55. The lowest BCUT2D eigenvalue weighted by Gasteiger charge is -2.11. The summed E-state index contributed by atoms with van der Waals surface area (Å²) in [7, 11) is 0. The van der Waals surface area contributed by atoms with Crippen molar-refractivity contribution in [3.05, 3.63) is 90.0 Å². The van der Waals surface area contributed by atoms with Crippen LogP contribution in [0.4, 0.5) is 0 Å². The Morgan fingerprint density at radius 1 is 0.875 bits per heavy atom. The molecule has 0 atom stereocenters. The fraction of sp³-hybridized carbons (Fsp3) is 0.0952. The highest BCUT2D eigenvalue weighted by molar-refractivity contribution is 5.78. The summed E-state index contributed by atoms with van der Waals surface area (Å²) in [6.07, 6.45) is 0.164. The van der Waals surface area contributed by atoms with Crippen LogP contribution in [-0.2, 0) is 22.6 Å². The minimum Gasteiger partial charge on any atom is -0.508 e. The maximum absolute atomic E-state index is 12.2. The van der Waals surface area contributed by atoms with Crippen molar-refractivity contribution in [2.45, 2.75) is 13.0 Å². The van der Waals surface area contributed by atoms with E-state index in [0.717, 1.165) is 22.3 Å². The third kappa shape index (κ3) is 4.02. The molecule has 3 aromatic rings. The van der Waals surface area contributed by atoms with E-state index in [9.17, 15) is 9.90 Å². The average molecular weight is 318 g/mol. The van der Waals surface area contributed by atoms with Crippen molar-refractivity contribution < 1.29 is 14.6 Å². The van der Waals surface area contributed by atoms with E-state index in [2.05, 4.69) is 0 Å². The number of phenols is 1. The smallest absolute Gasteiger partial charge is 0.310 e. The quantitative estimate of drug-likeness (QED) is 0.712. The normalized spacial score (nSPS) is 10.3. The van der Waals surface area contributed by atoms with Gasteiger partial charge in [-0.1, -0.05) is 66.7 Å². The van der Waals surface area contributed by atoms with Gasteiger partial charge in [-0.05, 0) is 34.4 Å². The van der Waals surface area contributed by atoms with E-state index in [0.29, 0.717) is 0 Å². The molecular weight excluding hydrogens is 300 g/mol. The van der Waals surface area contributed by atoms with Crippen LogP contribution in [0.3, 0.4) is 0 Å². The number of carbonyl (C=O) groups excluding carboxylic acids is 1. The molecule has 0 heterocycles. The highest BCUT2D eigenvalue weighted by Gasteiger charge is 2.12. The van der Waals surface area contributed by atoms with Crippen LogP contribution in [0.15, 0.2) is 78.9 Å². The number of carbonyl (C=O) groups is 1. The minimum absolute atomic E-state index is 0.164. The van der Waals surface area contributed by atoms with Crippen molar-refractivity contribution in [2.75, 3.05) is 0 Å². The first-order valence-electron chi connectivity index (χ1n) is 7.79. The predicted molar refractivity (Wildman–Crippen MR) is 93.5 cm³/mol. The van der Waals surface area contributed by atoms with Crippen LogP contribution in [0.2, 0.25) is 0 Å². The fourth-order valence-electron chi connectivity index (χ4n) is 2.55. The van der Waals surface area contributed by atoms with Gasteiger partial charge >= 0.3 is 5.97 Å². The van der Waals surface area contributed by atoms with Crippen LogP contribution in [-0.4, -0.2) is 11.1 Å². The molecule has 0 aliphatic rings. The van der Waals surface area contributed by atoms with Gasteiger partial charge in [0.15, 0.2) is 0 Å². The Morgan fingerprint density at radius 3 is 2.25 bits per heavy atom. The Kier molecular flexibility index (Phi) is 4.92. The summed E-state index contributed by atoms with van der Waals surface area (Å²) in [6.45, 7) is 0.262. The van der Waals surface area contributed by atoms with Crippen molar-refractivity contribution in [3.63, 3.8) is 0 Å². The first-order chi connectivity index (χ1) is 11.7. The van der Waals surface area contributed by atoms with Gasteiger partial charge in [-0.3, -0.25) is 4.79 Å². The van der Waals surface area contributed by atoms with Crippen molar-refractivity contribution in [3.8, 4) is 16.9 Å². The van der Waals surface area contributed by atoms with Gasteiger partial charge in [0.25, 0.3) is 0 Å². The minimum atomic E-state index is -0.290. The van der Waals surface area contributed by atoms with Crippen LogP contribution in [0, 0.1) is 0 Å². The second kappa shape index (κ2) is 7.47. The third-order valence-corrected chi connectivity index (χ3v) is 3.76. The van der Waals surface area contributed by atoms with Gasteiger partial charge in [0.1, 0.15) is 12.4 Å². The zero-order chi connectivity index (χ0) is 16.8. The summed E-state index contributed by atoms with van der Waals surface area (Å²) in [5.74, 6) is -0.114. The van der Waals surface area contributed by atoms with Crippen LogP contribution in [0.1, 0.15) is 11.1 Å². The molecule has 0 fully saturated rings. The van der Waals surface area contributed by atoms with Gasteiger partial charge in [-0.25, -0.2) is 0 Å². The summed E-state index contributed by atoms with van der Waals surface area (Å²) in [5.41, 5.74) is 3.59. The topological polar surface area (TPSA) is 46.5 Å². The average Bonchev–Trinajstić information content (AvgIpc) is 2.63. The molecule has 0 saturated heterocycles. The molecule has 0 aromatic heterocycles. The van der Waals surface area contributed by atoms with Gasteiger partial charge in [0, 0.05) is 0 Å². The number of phenolic OH excluding ortho intramolecular Hbond substituents is 1. The predicted octanol–water partition coefficient (Wildman–Crippen LogP) is 4.35. The molecule has 0 radical (unpaired) electrons. The van der Waals surface area contributed by atoms with Gasteiger partial charge in [0.2, 0.25) is 0 Å². The van der Waals surface area contributed by atoms with E-state index in [-0.39, 0.29) is 24.7 Å². The Hall–Kier alpha value is -3.07. The van der Waals surface area contributed by atoms with Crippen molar-refractivity contribution in [1.29, 1.82) is 0 Å². The van der Waals surface area contributed by atoms with Crippen LogP contribution in [0.25, 0.3) is 11.1 Å². The first-order valence-corrected chi connectivity index (χ1v) is 7.79. The number of hydrogen-bond donors (Lipinski definition) is 1. The summed E-state index contributed by atoms with van der Waals surface area (Å²) in [6, 6.07) is 24.3. The Bertz CT molecular complexity index is 811. The largest absolute Gasteiger partial charge is 0.508 e. The molecular formula is C21H18O3. The lowest BCUT2D eigenvalue weighted by atomic mass is 9.97. The molecule has 0 bridgehead atoms. The molecule has 0 spiro atoms. The zero-order valence-corrected chi connectivity index (χ0v) is 13.2. The molecule has 0 aliphatic heterocycles. The standard InChI is InChI=1S/C21H18O3/c22-19-12-11-18(20(14-19)17-9-5-2-6-10-17)13-21(23)24-15-16-7-3-1-4-8-16/h1-12,14,22H,13,15H2. The highest BCUT2D eigenvalue weighted by atomic mass is 16.5. The zero-order valence-electron chi connectivity index (χ0n) is 13.2. The molecule has 120 valence electrons. The monoisotopic (exact) mass is 318 g/mol. The molecule has 0 aliphatic carbocycles. The second-order valence-corrected chi connectivity index (χ2v) is 5.53. The van der Waals surface area contributed by atoms with E-state index in [1.807, 2.05) is 60.7 Å². The van der Waals surface area contributed by atoms with Crippen molar-refractivity contribution >= 4 is 5.97 Å². The SMILES string of the molecule is O=C(Cc1ccc(O)cc1-c1ccccc1)OCc1ccccc1. The van der Waals surface area contributed by atoms with Crippen LogP contribution >= 0.6 is 0 Å². The first kappa shape index (κ1) is 15.8. The van der Waals surface area contributed by atoms with Crippen LogP contribution in [0.5, 0.6) is 5.75 Å². The third-order valence-electron chi connectivity index (χ3n) is 3.76. The Morgan fingerprint density at radius 2 is 1.54 bits per heavy atom. The number of aromatic hydroxyl groups is 1. The lowest BCUT2D eigenvalue weighted by molar-refractivity contribution is -0.144. The molecule has 3 rings (SSSR count). The van der Waals surface area contributed by atoms with Crippen LogP contribution < -0.4 is 0 Å². The van der Waals surface area contributed by atoms with E-state index < -0.39 is 0 Å². The number of hydrogen-bond acceptors (Lipinski definition) is 3. The maximum Gasteiger partial charge on any atom is 0.310 e. The molecule has 3 aromatic carbocycles. The number of benzene rings is 3.